The molecule has 1 aromatic carbocycles. The van der Waals surface area contributed by atoms with Gasteiger partial charge in [-0.15, -0.1) is 0 Å². The molecule has 3 nitrogen and oxygen atoms in total. The maximum absolute atomic E-state index is 11.0. The Labute approximate surface area is 76.5 Å². The summed E-state index contributed by atoms with van der Waals surface area (Å²) < 4.78 is 0. The van der Waals surface area contributed by atoms with E-state index in [0.717, 1.165) is 5.56 Å². The molecule has 0 spiro atoms. The quantitative estimate of drug-likeness (QED) is 0.684. The number of hydrogen-bond donors (Lipinski definition) is 1. The molecule has 66 valence electrons. The van der Waals surface area contributed by atoms with Crippen molar-refractivity contribution >= 4 is 12.2 Å². The topological polar surface area (TPSA) is 41.5 Å². The molecule has 13 heavy (non-hydrogen) atoms. The molecule has 2 rings (SSSR count). The summed E-state index contributed by atoms with van der Waals surface area (Å²) in [5, 5.41) is 2.55. The number of amides is 1. The van der Waals surface area contributed by atoms with Crippen molar-refractivity contribution in [3.8, 4) is 0 Å². The zero-order chi connectivity index (χ0) is 9.10. The lowest BCUT2D eigenvalue weighted by atomic mass is 10.0. The van der Waals surface area contributed by atoms with Gasteiger partial charge in [-0.3, -0.25) is 9.79 Å². The van der Waals surface area contributed by atoms with Gasteiger partial charge in [0.2, 0.25) is 5.91 Å². The van der Waals surface area contributed by atoms with Gasteiger partial charge in [-0.25, -0.2) is 0 Å². The van der Waals surface area contributed by atoms with Crippen LogP contribution in [0.3, 0.4) is 0 Å². The fourth-order valence-electron chi connectivity index (χ4n) is 1.37. The standard InChI is InChI=1S/C10H10N2O/c13-10-6-9(11-7-12-10)8-4-2-1-3-5-8/h1-5,7,9H,6H2,(H,11,12,13). The van der Waals surface area contributed by atoms with Crippen LogP contribution in [0.25, 0.3) is 0 Å². The fourth-order valence-corrected chi connectivity index (χ4v) is 1.37. The highest BCUT2D eigenvalue weighted by molar-refractivity contribution is 5.89. The van der Waals surface area contributed by atoms with Gasteiger partial charge in [0.15, 0.2) is 0 Å². The van der Waals surface area contributed by atoms with Gasteiger partial charge in [0.1, 0.15) is 0 Å². The number of carbonyl (C=O) groups excluding carboxylic acids is 1. The summed E-state index contributed by atoms with van der Waals surface area (Å²) in [6.45, 7) is 0. The number of aliphatic imine (C=N–C) groups is 1. The second-order valence-electron chi connectivity index (χ2n) is 2.98. The molecule has 1 unspecified atom stereocenters. The number of rotatable bonds is 1. The number of nitrogens with zero attached hydrogens (tertiary/aromatic N) is 1. The first kappa shape index (κ1) is 7.98. The summed E-state index contributed by atoms with van der Waals surface area (Å²) in [6.07, 6.45) is 1.92. The van der Waals surface area contributed by atoms with Crippen LogP contribution in [0.5, 0.6) is 0 Å². The van der Waals surface area contributed by atoms with Crippen molar-refractivity contribution in [1.29, 1.82) is 0 Å². The SMILES string of the molecule is O=C1CC(c2ccccc2)N=CN1. The van der Waals surface area contributed by atoms with E-state index in [1.54, 1.807) is 0 Å². The molecule has 0 bridgehead atoms. The largest absolute Gasteiger partial charge is 0.317 e. The Kier molecular flexibility index (Phi) is 2.08. The molecule has 1 aromatic rings. The number of carbonyl (C=O) groups is 1. The van der Waals surface area contributed by atoms with E-state index < -0.39 is 0 Å². The first-order valence-electron chi connectivity index (χ1n) is 4.22. The van der Waals surface area contributed by atoms with Crippen LogP contribution < -0.4 is 5.32 Å². The lowest BCUT2D eigenvalue weighted by molar-refractivity contribution is -0.120. The average molecular weight is 174 g/mol. The molecule has 0 saturated carbocycles. The second-order valence-corrected chi connectivity index (χ2v) is 2.98. The smallest absolute Gasteiger partial charge is 0.227 e. The highest BCUT2D eigenvalue weighted by Gasteiger charge is 2.16. The van der Waals surface area contributed by atoms with Gasteiger partial charge in [0, 0.05) is 0 Å². The first-order valence-corrected chi connectivity index (χ1v) is 4.22. The molecule has 1 aliphatic heterocycles. The van der Waals surface area contributed by atoms with E-state index in [4.69, 9.17) is 0 Å². The third kappa shape index (κ3) is 1.75. The highest BCUT2D eigenvalue weighted by atomic mass is 16.1. The van der Waals surface area contributed by atoms with Crippen molar-refractivity contribution in [3.05, 3.63) is 35.9 Å². The third-order valence-corrected chi connectivity index (χ3v) is 2.04. The van der Waals surface area contributed by atoms with Crippen molar-refractivity contribution in [2.24, 2.45) is 4.99 Å². The lowest BCUT2D eigenvalue weighted by Gasteiger charge is -2.15. The van der Waals surface area contributed by atoms with Gasteiger partial charge in [0.05, 0.1) is 18.8 Å². The third-order valence-electron chi connectivity index (χ3n) is 2.04. The second kappa shape index (κ2) is 3.39. The monoisotopic (exact) mass is 174 g/mol. The zero-order valence-corrected chi connectivity index (χ0v) is 7.10. The summed E-state index contributed by atoms with van der Waals surface area (Å²) in [4.78, 5) is 15.2. The molecular weight excluding hydrogens is 164 g/mol. The van der Waals surface area contributed by atoms with Gasteiger partial charge >= 0.3 is 0 Å². The van der Waals surface area contributed by atoms with Crippen molar-refractivity contribution < 1.29 is 4.79 Å². The van der Waals surface area contributed by atoms with E-state index in [2.05, 4.69) is 10.3 Å². The van der Waals surface area contributed by atoms with Crippen LogP contribution in [0, 0.1) is 0 Å². The highest BCUT2D eigenvalue weighted by Crippen LogP contribution is 2.21. The summed E-state index contributed by atoms with van der Waals surface area (Å²) in [6, 6.07) is 9.83. The van der Waals surface area contributed by atoms with E-state index in [1.165, 1.54) is 6.34 Å². The molecule has 3 heteroatoms. The summed E-state index contributed by atoms with van der Waals surface area (Å²) in [5.41, 5.74) is 1.09. The van der Waals surface area contributed by atoms with Crippen LogP contribution >= 0.6 is 0 Å². The minimum absolute atomic E-state index is 0.00468. The van der Waals surface area contributed by atoms with Gasteiger partial charge in [0.25, 0.3) is 0 Å². The van der Waals surface area contributed by atoms with Crippen molar-refractivity contribution in [2.75, 3.05) is 0 Å². The number of nitrogens with one attached hydrogen (secondary N) is 1. The lowest BCUT2D eigenvalue weighted by Crippen LogP contribution is -2.27. The Morgan fingerprint density at radius 1 is 1.31 bits per heavy atom. The predicted molar refractivity (Wildman–Crippen MR) is 50.4 cm³/mol. The molecule has 0 aromatic heterocycles. The number of hydrogen-bond acceptors (Lipinski definition) is 2. The molecule has 0 aliphatic carbocycles. The van der Waals surface area contributed by atoms with E-state index in [1.807, 2.05) is 30.3 Å². The molecule has 1 atom stereocenters. The Balaban J connectivity index is 2.22. The van der Waals surface area contributed by atoms with Gasteiger partial charge in [-0.05, 0) is 5.56 Å². The Bertz CT molecular complexity index is 332. The number of benzene rings is 1. The summed E-state index contributed by atoms with van der Waals surface area (Å²) >= 11 is 0. The molecule has 1 amide bonds. The van der Waals surface area contributed by atoms with E-state index in [0.29, 0.717) is 6.42 Å². The molecule has 1 N–H and O–H groups in total. The molecule has 1 aliphatic rings. The Morgan fingerprint density at radius 3 is 2.77 bits per heavy atom. The van der Waals surface area contributed by atoms with Crippen LogP contribution in [0.4, 0.5) is 0 Å². The summed E-state index contributed by atoms with van der Waals surface area (Å²) in [5.74, 6) is 0.0313. The van der Waals surface area contributed by atoms with Crippen molar-refractivity contribution in [2.45, 2.75) is 12.5 Å². The van der Waals surface area contributed by atoms with Crippen LogP contribution in [0.15, 0.2) is 35.3 Å². The van der Waals surface area contributed by atoms with Crippen LogP contribution in [0.2, 0.25) is 0 Å². The van der Waals surface area contributed by atoms with Crippen molar-refractivity contribution in [3.63, 3.8) is 0 Å². The van der Waals surface area contributed by atoms with Crippen molar-refractivity contribution in [1.82, 2.24) is 5.32 Å². The summed E-state index contributed by atoms with van der Waals surface area (Å²) in [7, 11) is 0. The van der Waals surface area contributed by atoms with Crippen LogP contribution in [-0.2, 0) is 4.79 Å². The van der Waals surface area contributed by atoms with Gasteiger partial charge in [-0.2, -0.15) is 0 Å². The average Bonchev–Trinajstić information content (AvgIpc) is 2.19. The molecule has 0 radical (unpaired) electrons. The Morgan fingerprint density at radius 2 is 2.08 bits per heavy atom. The first-order chi connectivity index (χ1) is 6.36. The maximum atomic E-state index is 11.0. The molecule has 0 fully saturated rings. The fraction of sp³-hybridized carbons (Fsp3) is 0.200. The van der Waals surface area contributed by atoms with E-state index in [-0.39, 0.29) is 11.9 Å². The minimum atomic E-state index is -0.00468. The molecule has 1 heterocycles. The van der Waals surface area contributed by atoms with Gasteiger partial charge < -0.3 is 5.32 Å². The Hall–Kier alpha value is -1.64. The minimum Gasteiger partial charge on any atom is -0.317 e. The van der Waals surface area contributed by atoms with Crippen LogP contribution in [0.1, 0.15) is 18.0 Å². The van der Waals surface area contributed by atoms with E-state index in [9.17, 15) is 4.79 Å². The normalized spacial score (nSPS) is 21.2. The maximum Gasteiger partial charge on any atom is 0.227 e. The zero-order valence-electron chi connectivity index (χ0n) is 7.10. The van der Waals surface area contributed by atoms with E-state index >= 15 is 0 Å². The van der Waals surface area contributed by atoms with Gasteiger partial charge in [-0.1, -0.05) is 30.3 Å². The molecule has 0 saturated heterocycles. The van der Waals surface area contributed by atoms with Crippen LogP contribution in [-0.4, -0.2) is 12.2 Å². The molecular formula is C10H10N2O. The predicted octanol–water partition coefficient (Wildman–Crippen LogP) is 1.28.